The Kier molecular flexibility index (Phi) is 6.52. The molecule has 0 heterocycles. The van der Waals surface area contributed by atoms with Gasteiger partial charge in [-0.1, -0.05) is 32.4 Å². The third-order valence-electron chi connectivity index (χ3n) is 3.38. The number of nitrogens with one attached hydrogen (secondary N) is 2. The van der Waals surface area contributed by atoms with Gasteiger partial charge in [-0.2, -0.15) is 0 Å². The van der Waals surface area contributed by atoms with Crippen molar-refractivity contribution < 1.29 is 18.0 Å². The Morgan fingerprint density at radius 3 is 2.22 bits per heavy atom. The Labute approximate surface area is 135 Å². The molecule has 8 nitrogen and oxygen atoms in total. The Morgan fingerprint density at radius 1 is 1.22 bits per heavy atom. The van der Waals surface area contributed by atoms with Crippen molar-refractivity contribution in [3.05, 3.63) is 29.8 Å². The second-order valence-corrected chi connectivity index (χ2v) is 6.98. The maximum atomic E-state index is 12.3. The van der Waals surface area contributed by atoms with E-state index in [1.165, 1.54) is 0 Å². The van der Waals surface area contributed by atoms with Crippen LogP contribution in [0.3, 0.4) is 0 Å². The molecule has 0 aliphatic rings. The molecule has 0 aromatic heterocycles. The van der Waals surface area contributed by atoms with E-state index in [-0.39, 0.29) is 11.7 Å². The summed E-state index contributed by atoms with van der Waals surface area (Å²) in [4.78, 5) is 23.3. The molecule has 0 spiro atoms. The minimum atomic E-state index is -3.60. The summed E-state index contributed by atoms with van der Waals surface area (Å²) in [7, 11) is -3.60. The highest BCUT2D eigenvalue weighted by Gasteiger charge is 2.25. The predicted molar refractivity (Wildman–Crippen MR) is 87.8 cm³/mol. The lowest BCUT2D eigenvalue weighted by Gasteiger charge is -2.22. The van der Waals surface area contributed by atoms with Crippen LogP contribution < -0.4 is 21.5 Å². The standard InChI is InChI=1S/C14H22N4O4S/c1-3-9(2)12(18-14(15)20)13(19)17-11-6-4-10(5-7-11)8-23(16,21)22/h4-7,9,12H,3,8H2,1-2H3,(H,17,19)(H3,15,18,20)(H2,16,21,22). The molecule has 2 unspecified atom stereocenters. The molecule has 6 N–H and O–H groups in total. The van der Waals surface area contributed by atoms with Gasteiger partial charge in [0.05, 0.1) is 5.75 Å². The smallest absolute Gasteiger partial charge is 0.312 e. The first-order chi connectivity index (χ1) is 10.6. The number of carbonyl (C=O) groups is 2. The number of primary amides is 1. The molecule has 128 valence electrons. The van der Waals surface area contributed by atoms with E-state index in [9.17, 15) is 18.0 Å². The van der Waals surface area contributed by atoms with Crippen molar-refractivity contribution in [1.82, 2.24) is 5.32 Å². The van der Waals surface area contributed by atoms with Crippen LogP contribution in [0.4, 0.5) is 10.5 Å². The summed E-state index contributed by atoms with van der Waals surface area (Å²) in [6, 6.07) is 4.72. The highest BCUT2D eigenvalue weighted by molar-refractivity contribution is 7.88. The van der Waals surface area contributed by atoms with Gasteiger partial charge in [0.25, 0.3) is 0 Å². The second-order valence-electron chi connectivity index (χ2n) is 5.37. The molecule has 0 saturated carbocycles. The van der Waals surface area contributed by atoms with Gasteiger partial charge in [0.2, 0.25) is 15.9 Å². The Morgan fingerprint density at radius 2 is 1.78 bits per heavy atom. The maximum Gasteiger partial charge on any atom is 0.312 e. The van der Waals surface area contributed by atoms with E-state index in [2.05, 4.69) is 10.6 Å². The average Bonchev–Trinajstić information content (AvgIpc) is 2.44. The quantitative estimate of drug-likeness (QED) is 0.571. The molecule has 0 aliphatic carbocycles. The van der Waals surface area contributed by atoms with Crippen molar-refractivity contribution >= 4 is 27.6 Å². The number of hydrogen-bond donors (Lipinski definition) is 4. The second kappa shape index (κ2) is 7.93. The zero-order valence-electron chi connectivity index (χ0n) is 13.1. The molecule has 0 bridgehead atoms. The Bertz CT molecular complexity index is 658. The van der Waals surface area contributed by atoms with Crippen molar-refractivity contribution in [2.75, 3.05) is 5.32 Å². The average molecular weight is 342 g/mol. The van der Waals surface area contributed by atoms with Crippen LogP contribution in [0.15, 0.2) is 24.3 Å². The van der Waals surface area contributed by atoms with Gasteiger partial charge in [-0.15, -0.1) is 0 Å². The molecule has 3 amide bonds. The van der Waals surface area contributed by atoms with Crippen LogP contribution in [0, 0.1) is 5.92 Å². The largest absolute Gasteiger partial charge is 0.352 e. The number of anilines is 1. The molecular formula is C14H22N4O4S. The first-order valence-electron chi connectivity index (χ1n) is 7.08. The van der Waals surface area contributed by atoms with Crippen LogP contribution in [-0.2, 0) is 20.6 Å². The molecular weight excluding hydrogens is 320 g/mol. The third kappa shape index (κ3) is 6.66. The van der Waals surface area contributed by atoms with Gasteiger partial charge in [0.1, 0.15) is 6.04 Å². The molecule has 1 aromatic carbocycles. The number of benzene rings is 1. The number of carbonyl (C=O) groups excluding carboxylic acids is 2. The van der Waals surface area contributed by atoms with Gasteiger partial charge in [0.15, 0.2) is 0 Å². The summed E-state index contributed by atoms with van der Waals surface area (Å²) in [6.45, 7) is 3.73. The fraction of sp³-hybridized carbons (Fsp3) is 0.429. The highest BCUT2D eigenvalue weighted by Crippen LogP contribution is 2.14. The van der Waals surface area contributed by atoms with Crippen LogP contribution in [0.25, 0.3) is 0 Å². The molecule has 0 radical (unpaired) electrons. The number of nitrogens with two attached hydrogens (primary N) is 2. The first kappa shape index (κ1) is 18.9. The number of primary sulfonamides is 1. The fourth-order valence-corrected chi connectivity index (χ4v) is 2.65. The summed E-state index contributed by atoms with van der Waals surface area (Å²) in [6.07, 6.45) is 0.686. The van der Waals surface area contributed by atoms with Crippen molar-refractivity contribution in [3.8, 4) is 0 Å². The SMILES string of the molecule is CCC(C)C(NC(N)=O)C(=O)Nc1ccc(CS(N)(=O)=O)cc1. The number of amides is 3. The lowest BCUT2D eigenvalue weighted by Crippen LogP contribution is -2.49. The number of hydrogen-bond acceptors (Lipinski definition) is 4. The van der Waals surface area contributed by atoms with Gasteiger partial charge >= 0.3 is 6.03 Å². The van der Waals surface area contributed by atoms with Gasteiger partial charge in [-0.3, -0.25) is 4.79 Å². The summed E-state index contributed by atoms with van der Waals surface area (Å²) >= 11 is 0. The Balaban J connectivity index is 2.80. The number of urea groups is 1. The molecule has 23 heavy (non-hydrogen) atoms. The minimum absolute atomic E-state index is 0.0934. The van der Waals surface area contributed by atoms with Crippen LogP contribution in [-0.4, -0.2) is 26.4 Å². The normalized spacial score (nSPS) is 13.9. The van der Waals surface area contributed by atoms with E-state index in [1.54, 1.807) is 24.3 Å². The molecule has 1 aromatic rings. The van der Waals surface area contributed by atoms with Gasteiger partial charge < -0.3 is 16.4 Å². The van der Waals surface area contributed by atoms with Crippen molar-refractivity contribution in [3.63, 3.8) is 0 Å². The third-order valence-corrected chi connectivity index (χ3v) is 4.12. The van der Waals surface area contributed by atoms with Crippen LogP contribution in [0.2, 0.25) is 0 Å². The van der Waals surface area contributed by atoms with Crippen LogP contribution in [0.5, 0.6) is 0 Å². The molecule has 9 heteroatoms. The van der Waals surface area contributed by atoms with E-state index >= 15 is 0 Å². The first-order valence-corrected chi connectivity index (χ1v) is 8.80. The molecule has 0 fully saturated rings. The molecule has 1 rings (SSSR count). The summed E-state index contributed by atoms with van der Waals surface area (Å²) in [5, 5.41) is 10.1. The predicted octanol–water partition coefficient (Wildman–Crippen LogP) is 0.497. The van der Waals surface area contributed by atoms with Crippen molar-refractivity contribution in [2.45, 2.75) is 32.1 Å². The minimum Gasteiger partial charge on any atom is -0.352 e. The fourth-order valence-electron chi connectivity index (χ4n) is 1.99. The van der Waals surface area contributed by atoms with E-state index in [1.807, 2.05) is 13.8 Å². The van der Waals surface area contributed by atoms with Gasteiger partial charge in [0, 0.05) is 5.69 Å². The van der Waals surface area contributed by atoms with E-state index in [4.69, 9.17) is 10.9 Å². The summed E-state index contributed by atoms with van der Waals surface area (Å²) in [5.74, 6) is -0.763. The molecule has 0 saturated heterocycles. The van der Waals surface area contributed by atoms with Crippen LogP contribution >= 0.6 is 0 Å². The topological polar surface area (TPSA) is 144 Å². The van der Waals surface area contributed by atoms with E-state index in [0.29, 0.717) is 17.7 Å². The van der Waals surface area contributed by atoms with Crippen molar-refractivity contribution in [1.29, 1.82) is 0 Å². The zero-order chi connectivity index (χ0) is 17.6. The lowest BCUT2D eigenvalue weighted by molar-refractivity contribution is -0.119. The highest BCUT2D eigenvalue weighted by atomic mass is 32.2. The number of sulfonamides is 1. The van der Waals surface area contributed by atoms with Crippen molar-refractivity contribution in [2.24, 2.45) is 16.8 Å². The lowest BCUT2D eigenvalue weighted by atomic mass is 9.98. The monoisotopic (exact) mass is 342 g/mol. The van der Waals surface area contributed by atoms with E-state index in [0.717, 1.165) is 0 Å². The summed E-state index contributed by atoms with van der Waals surface area (Å²) < 4.78 is 22.0. The maximum absolute atomic E-state index is 12.3. The van der Waals surface area contributed by atoms with Gasteiger partial charge in [-0.25, -0.2) is 18.4 Å². The number of rotatable bonds is 7. The Hall–Kier alpha value is -2.13. The van der Waals surface area contributed by atoms with E-state index < -0.39 is 28.0 Å². The van der Waals surface area contributed by atoms with Gasteiger partial charge in [-0.05, 0) is 23.6 Å². The van der Waals surface area contributed by atoms with Crippen LogP contribution in [0.1, 0.15) is 25.8 Å². The summed E-state index contributed by atoms with van der Waals surface area (Å²) in [5.41, 5.74) is 6.09. The zero-order valence-corrected chi connectivity index (χ0v) is 13.9. The molecule has 0 aliphatic heterocycles. The molecule has 2 atom stereocenters.